The molecule has 0 radical (unpaired) electrons. The summed E-state index contributed by atoms with van der Waals surface area (Å²) in [7, 11) is -8.94. The molecule has 3 aromatic rings. The van der Waals surface area contributed by atoms with Gasteiger partial charge >= 0.3 is 15.6 Å². The fraction of sp³-hybridized carbons (Fsp3) is 0.286. The fourth-order valence-corrected chi connectivity index (χ4v) is 7.17. The average molecular weight is 576 g/mol. The number of alkyl halides is 3. The first kappa shape index (κ1) is 28.6. The van der Waals surface area contributed by atoms with Crippen molar-refractivity contribution in [2.24, 2.45) is 0 Å². The Morgan fingerprint density at radius 2 is 1.15 bits per heavy atom. The van der Waals surface area contributed by atoms with Crippen molar-refractivity contribution in [1.82, 2.24) is 5.32 Å². The van der Waals surface area contributed by atoms with E-state index in [1.807, 2.05) is 45.6 Å². The molecule has 1 aliphatic rings. The third-order valence-electron chi connectivity index (χ3n) is 6.66. The molecule has 3 aromatic carbocycles. The first-order chi connectivity index (χ1) is 18.1. The summed E-state index contributed by atoms with van der Waals surface area (Å²) >= 11 is 0. The Kier molecular flexibility index (Phi) is 7.28. The van der Waals surface area contributed by atoms with Crippen LogP contribution in [-0.4, -0.2) is 33.8 Å². The highest BCUT2D eigenvalue weighted by Gasteiger charge is 2.51. The predicted octanol–water partition coefficient (Wildman–Crippen LogP) is 5.80. The minimum Gasteiger partial charge on any atom is -0.375 e. The lowest BCUT2D eigenvalue weighted by Gasteiger charge is -2.29. The van der Waals surface area contributed by atoms with Gasteiger partial charge in [0.15, 0.2) is 5.75 Å². The zero-order valence-electron chi connectivity index (χ0n) is 22.1. The molecule has 2 amide bonds. The molecule has 0 saturated heterocycles. The van der Waals surface area contributed by atoms with Crippen LogP contribution >= 0.6 is 0 Å². The third-order valence-corrected chi connectivity index (χ3v) is 9.59. The number of rotatable bonds is 7. The Bertz CT molecular complexity index is 1570. The monoisotopic (exact) mass is 575 g/mol. The van der Waals surface area contributed by atoms with Crippen molar-refractivity contribution in [2.75, 3.05) is 0 Å². The summed E-state index contributed by atoms with van der Waals surface area (Å²) in [6.07, 6.45) is 1.40. The van der Waals surface area contributed by atoms with Gasteiger partial charge in [0.05, 0.1) is 19.2 Å². The van der Waals surface area contributed by atoms with Crippen LogP contribution in [0, 0.1) is 0 Å². The van der Waals surface area contributed by atoms with E-state index < -0.39 is 41.3 Å². The topological polar surface area (TPSA) is 89.5 Å². The van der Waals surface area contributed by atoms with Gasteiger partial charge in [0, 0.05) is 5.56 Å². The van der Waals surface area contributed by atoms with Crippen molar-refractivity contribution < 1.29 is 35.4 Å². The van der Waals surface area contributed by atoms with E-state index in [1.165, 1.54) is 0 Å². The van der Waals surface area contributed by atoms with Crippen LogP contribution < -0.4 is 14.7 Å². The average Bonchev–Trinajstić information content (AvgIpc) is 3.15. The molecular weight excluding hydrogens is 547 g/mol. The summed E-state index contributed by atoms with van der Waals surface area (Å²) < 4.78 is 70.9. The van der Waals surface area contributed by atoms with Gasteiger partial charge in [0.25, 0.3) is 11.8 Å². The lowest BCUT2D eigenvalue weighted by atomic mass is 9.88. The molecule has 11 heteroatoms. The highest BCUT2D eigenvalue weighted by atomic mass is 32.2. The van der Waals surface area contributed by atoms with Crippen molar-refractivity contribution in [1.29, 1.82) is 0 Å². The SMILES string of the molecule is CCc1ccc(-c2c(OS(=O)(=O)C(F)(F)F)c([Si](C)(C)C)c(-c3ccc(CC)cc3)c3c2C(=O)NC3=O)cc1. The number of carbonyl (C=O) groups is 2. The van der Waals surface area contributed by atoms with E-state index in [1.54, 1.807) is 36.4 Å². The van der Waals surface area contributed by atoms with E-state index in [0.717, 1.165) is 17.5 Å². The second kappa shape index (κ2) is 9.94. The number of halogens is 3. The second-order valence-corrected chi connectivity index (χ2v) is 16.9. The Labute approximate surface area is 226 Å². The summed E-state index contributed by atoms with van der Waals surface area (Å²) in [6.45, 7) is 9.31. The van der Waals surface area contributed by atoms with Gasteiger partial charge < -0.3 is 4.18 Å². The quantitative estimate of drug-likeness (QED) is 0.166. The molecule has 1 aliphatic heterocycles. The number of hydrogen-bond acceptors (Lipinski definition) is 5. The number of benzene rings is 3. The maximum atomic E-state index is 13.7. The summed E-state index contributed by atoms with van der Waals surface area (Å²) in [5, 5.41) is 2.45. The highest BCUT2D eigenvalue weighted by molar-refractivity contribution is 7.88. The van der Waals surface area contributed by atoms with Gasteiger partial charge in [-0.15, -0.1) is 0 Å². The van der Waals surface area contributed by atoms with Gasteiger partial charge in [-0.25, -0.2) is 0 Å². The zero-order valence-corrected chi connectivity index (χ0v) is 23.9. The molecule has 206 valence electrons. The Balaban J connectivity index is 2.25. The molecule has 0 unspecified atom stereocenters. The van der Waals surface area contributed by atoms with Gasteiger partial charge in [-0.05, 0) is 45.8 Å². The van der Waals surface area contributed by atoms with Crippen LogP contribution in [0.3, 0.4) is 0 Å². The number of aryl methyl sites for hydroxylation is 2. The normalized spacial score (nSPS) is 13.8. The summed E-state index contributed by atoms with van der Waals surface area (Å²) in [5.74, 6) is -2.12. The molecule has 39 heavy (non-hydrogen) atoms. The fourth-order valence-electron chi connectivity index (χ4n) is 4.74. The number of amides is 2. The van der Waals surface area contributed by atoms with Crippen LogP contribution in [0.4, 0.5) is 13.2 Å². The number of carbonyl (C=O) groups excluding carboxylic acids is 2. The van der Waals surface area contributed by atoms with Gasteiger partial charge in [0.1, 0.15) is 0 Å². The molecule has 0 spiro atoms. The minimum absolute atomic E-state index is 0.00648. The van der Waals surface area contributed by atoms with E-state index >= 15 is 0 Å². The summed E-state index contributed by atoms with van der Waals surface area (Å²) in [6, 6.07) is 13.7. The molecule has 0 aromatic heterocycles. The highest BCUT2D eigenvalue weighted by Crippen LogP contribution is 2.44. The Morgan fingerprint density at radius 1 is 0.744 bits per heavy atom. The lowest BCUT2D eigenvalue weighted by Crippen LogP contribution is -2.43. The van der Waals surface area contributed by atoms with E-state index in [9.17, 15) is 31.2 Å². The Hall–Kier alpha value is -3.44. The summed E-state index contributed by atoms with van der Waals surface area (Å²) in [4.78, 5) is 26.5. The minimum atomic E-state index is -6.13. The van der Waals surface area contributed by atoms with E-state index in [2.05, 4.69) is 5.32 Å². The van der Waals surface area contributed by atoms with Crippen LogP contribution in [0.5, 0.6) is 5.75 Å². The van der Waals surface area contributed by atoms with Crippen LogP contribution in [0.2, 0.25) is 19.6 Å². The molecule has 0 fully saturated rings. The molecule has 6 nitrogen and oxygen atoms in total. The van der Waals surface area contributed by atoms with Crippen LogP contribution in [0.15, 0.2) is 48.5 Å². The lowest BCUT2D eigenvalue weighted by molar-refractivity contribution is -0.0499. The van der Waals surface area contributed by atoms with Crippen LogP contribution in [0.25, 0.3) is 22.3 Å². The standard InChI is InChI=1S/C28H28F3NO5SSi/c1-6-16-8-12-18(13-9-16)20-22-23(27(34)32-26(22)33)21(19-14-10-17(7-2)11-15-19)25(39(3,4)5)24(20)37-38(35,36)28(29,30)31/h8-15H,6-7H2,1-5H3,(H,32,33,34). The van der Waals surface area contributed by atoms with Gasteiger partial charge in [-0.2, -0.15) is 21.6 Å². The van der Waals surface area contributed by atoms with Crippen molar-refractivity contribution in [3.63, 3.8) is 0 Å². The predicted molar refractivity (Wildman–Crippen MR) is 146 cm³/mol. The number of hydrogen-bond donors (Lipinski definition) is 1. The van der Waals surface area contributed by atoms with Crippen molar-refractivity contribution in [2.45, 2.75) is 51.8 Å². The smallest absolute Gasteiger partial charge is 0.375 e. The molecule has 1 heterocycles. The van der Waals surface area contributed by atoms with Crippen molar-refractivity contribution in [3.05, 3.63) is 70.8 Å². The van der Waals surface area contributed by atoms with E-state index in [-0.39, 0.29) is 33.0 Å². The molecule has 0 saturated carbocycles. The molecule has 1 N–H and O–H groups in total. The first-order valence-electron chi connectivity index (χ1n) is 12.4. The molecular formula is C28H28F3NO5SSi. The molecule has 0 atom stereocenters. The van der Waals surface area contributed by atoms with E-state index in [4.69, 9.17) is 4.18 Å². The number of imide groups is 1. The van der Waals surface area contributed by atoms with Crippen molar-refractivity contribution >= 4 is 35.2 Å². The molecule has 0 aliphatic carbocycles. The van der Waals surface area contributed by atoms with Gasteiger partial charge in [0.2, 0.25) is 0 Å². The molecule has 0 bridgehead atoms. The van der Waals surface area contributed by atoms with Crippen LogP contribution in [-0.2, 0) is 23.0 Å². The maximum absolute atomic E-state index is 13.7. The van der Waals surface area contributed by atoms with Crippen molar-refractivity contribution in [3.8, 4) is 28.0 Å². The zero-order chi connectivity index (χ0) is 28.9. The van der Waals surface area contributed by atoms with Crippen LogP contribution in [0.1, 0.15) is 45.7 Å². The second-order valence-electron chi connectivity index (χ2n) is 10.3. The maximum Gasteiger partial charge on any atom is 0.534 e. The largest absolute Gasteiger partial charge is 0.534 e. The van der Waals surface area contributed by atoms with Gasteiger partial charge in [-0.1, -0.05) is 82.0 Å². The van der Waals surface area contributed by atoms with E-state index in [0.29, 0.717) is 12.0 Å². The number of nitrogens with one attached hydrogen (secondary N) is 1. The Morgan fingerprint density at radius 3 is 1.54 bits per heavy atom. The van der Waals surface area contributed by atoms with Gasteiger partial charge in [-0.3, -0.25) is 14.9 Å². The third kappa shape index (κ3) is 5.12. The molecule has 4 rings (SSSR count). The number of fused-ring (bicyclic) bond motifs is 1. The summed E-state index contributed by atoms with van der Waals surface area (Å²) in [5.41, 5.74) is -3.27. The first-order valence-corrected chi connectivity index (χ1v) is 17.3.